The average Bonchev–Trinajstić information content (AvgIpc) is 2.68. The molecule has 96 valence electrons. The molecular weight excluding hydrogens is 258 g/mol. The van der Waals surface area contributed by atoms with Crippen LogP contribution < -0.4 is 4.74 Å². The quantitative estimate of drug-likeness (QED) is 0.497. The Hall–Kier alpha value is -0.610. The highest BCUT2D eigenvalue weighted by molar-refractivity contribution is 7.15. The number of rotatable bonds is 9. The fourth-order valence-electron chi connectivity index (χ4n) is 1.47. The first-order valence-electron chi connectivity index (χ1n) is 6.02. The van der Waals surface area contributed by atoms with Crippen molar-refractivity contribution in [3.05, 3.63) is 10.0 Å². The summed E-state index contributed by atoms with van der Waals surface area (Å²) in [5.41, 5.74) is 0. The van der Waals surface area contributed by atoms with Crippen LogP contribution in [0.5, 0.6) is 5.19 Å². The van der Waals surface area contributed by atoms with Gasteiger partial charge in [0, 0.05) is 0 Å². The van der Waals surface area contributed by atoms with Crippen LogP contribution in [0, 0.1) is 0 Å². The molecule has 1 aromatic heterocycles. The number of hydrogen-bond acceptors (Lipinski definition) is 4. The van der Waals surface area contributed by atoms with E-state index in [4.69, 9.17) is 16.3 Å². The van der Waals surface area contributed by atoms with Crippen LogP contribution in [0.3, 0.4) is 0 Å². The number of carbonyl (C=O) groups excluding carboxylic acids is 1. The lowest BCUT2D eigenvalue weighted by atomic mass is 10.1. The summed E-state index contributed by atoms with van der Waals surface area (Å²) in [7, 11) is 0. The summed E-state index contributed by atoms with van der Waals surface area (Å²) in [6.07, 6.45) is 8.05. The number of halogens is 1. The number of nitrogens with zero attached hydrogens (tertiary/aromatic N) is 1. The lowest BCUT2D eigenvalue weighted by Crippen LogP contribution is -1.96. The molecule has 1 rings (SSSR count). The molecule has 0 atom stereocenters. The number of aromatic nitrogens is 1. The lowest BCUT2D eigenvalue weighted by molar-refractivity contribution is 0.112. The third-order valence-electron chi connectivity index (χ3n) is 2.42. The van der Waals surface area contributed by atoms with E-state index in [0.29, 0.717) is 23.0 Å². The number of ether oxygens (including phenoxy) is 1. The first-order chi connectivity index (χ1) is 8.27. The molecular formula is C12H18ClNO2S. The van der Waals surface area contributed by atoms with E-state index in [1.165, 1.54) is 43.4 Å². The van der Waals surface area contributed by atoms with Gasteiger partial charge in [0.2, 0.25) is 0 Å². The zero-order chi connectivity index (χ0) is 12.5. The van der Waals surface area contributed by atoms with Crippen LogP contribution in [0.4, 0.5) is 0 Å². The molecule has 17 heavy (non-hydrogen) atoms. The highest BCUT2D eigenvalue weighted by Gasteiger charge is 2.08. The molecule has 0 radical (unpaired) electrons. The van der Waals surface area contributed by atoms with Gasteiger partial charge in [0.05, 0.1) is 6.61 Å². The molecule has 0 amide bonds. The maximum absolute atomic E-state index is 10.5. The van der Waals surface area contributed by atoms with Crippen molar-refractivity contribution in [1.82, 2.24) is 4.98 Å². The van der Waals surface area contributed by atoms with Crippen molar-refractivity contribution in [1.29, 1.82) is 0 Å². The first-order valence-corrected chi connectivity index (χ1v) is 7.21. The van der Waals surface area contributed by atoms with Gasteiger partial charge < -0.3 is 4.74 Å². The number of unbranched alkanes of at least 4 members (excludes halogenated alkanes) is 5. The van der Waals surface area contributed by atoms with Crippen LogP contribution in [0.15, 0.2) is 0 Å². The van der Waals surface area contributed by atoms with Gasteiger partial charge in [-0.15, -0.1) is 0 Å². The molecule has 0 aliphatic rings. The average molecular weight is 276 g/mol. The van der Waals surface area contributed by atoms with Crippen molar-refractivity contribution in [2.24, 2.45) is 0 Å². The Labute approximate surface area is 111 Å². The third-order valence-corrected chi connectivity index (χ3v) is 3.71. The smallest absolute Gasteiger partial charge is 0.275 e. The minimum atomic E-state index is 0.239. The molecule has 0 saturated heterocycles. The van der Waals surface area contributed by atoms with E-state index in [-0.39, 0.29) is 5.15 Å². The minimum Gasteiger partial charge on any atom is -0.470 e. The predicted octanol–water partition coefficient (Wildman–Crippen LogP) is 4.35. The van der Waals surface area contributed by atoms with Gasteiger partial charge in [-0.3, -0.25) is 4.79 Å². The van der Waals surface area contributed by atoms with Gasteiger partial charge in [0.15, 0.2) is 11.4 Å². The predicted molar refractivity (Wildman–Crippen MR) is 71.4 cm³/mol. The molecule has 0 aliphatic carbocycles. The monoisotopic (exact) mass is 275 g/mol. The van der Waals surface area contributed by atoms with Gasteiger partial charge in [-0.25, -0.2) is 0 Å². The summed E-state index contributed by atoms with van der Waals surface area (Å²) in [5, 5.41) is 0.730. The Morgan fingerprint density at radius 1 is 1.29 bits per heavy atom. The Bertz CT molecular complexity index is 341. The second-order valence-electron chi connectivity index (χ2n) is 3.87. The summed E-state index contributed by atoms with van der Waals surface area (Å²) in [6.45, 7) is 2.86. The van der Waals surface area contributed by atoms with Gasteiger partial charge >= 0.3 is 0 Å². The summed E-state index contributed by atoms with van der Waals surface area (Å²) in [5.74, 6) is 0. The zero-order valence-electron chi connectivity index (χ0n) is 10.1. The molecule has 0 aromatic carbocycles. The summed E-state index contributed by atoms with van der Waals surface area (Å²) in [4.78, 5) is 14.9. The molecule has 0 fully saturated rings. The third kappa shape index (κ3) is 5.50. The first kappa shape index (κ1) is 14.5. The summed E-state index contributed by atoms with van der Waals surface area (Å²) >= 11 is 6.93. The van der Waals surface area contributed by atoms with E-state index in [2.05, 4.69) is 11.9 Å². The van der Waals surface area contributed by atoms with Gasteiger partial charge in [-0.05, 0) is 6.42 Å². The molecule has 0 aliphatic heterocycles. The van der Waals surface area contributed by atoms with Crippen molar-refractivity contribution in [3.8, 4) is 5.19 Å². The Morgan fingerprint density at radius 2 is 2.00 bits per heavy atom. The molecule has 5 heteroatoms. The van der Waals surface area contributed by atoms with Gasteiger partial charge in [0.25, 0.3) is 5.19 Å². The molecule has 0 N–H and O–H groups in total. The highest BCUT2D eigenvalue weighted by Crippen LogP contribution is 2.27. The standard InChI is InChI=1S/C12H18ClNO2S/c1-2-3-4-5-6-7-8-16-12-14-11(13)10(9-15)17-12/h9H,2-8H2,1H3. The van der Waals surface area contributed by atoms with E-state index in [9.17, 15) is 4.79 Å². The van der Waals surface area contributed by atoms with E-state index >= 15 is 0 Å². The molecule has 0 bridgehead atoms. The van der Waals surface area contributed by atoms with Crippen LogP contribution in [-0.2, 0) is 0 Å². The van der Waals surface area contributed by atoms with Crippen molar-refractivity contribution in [2.75, 3.05) is 6.61 Å². The van der Waals surface area contributed by atoms with Gasteiger partial charge in [-0.1, -0.05) is 62.0 Å². The van der Waals surface area contributed by atoms with Crippen LogP contribution >= 0.6 is 22.9 Å². The molecule has 0 unspecified atom stereocenters. The molecule has 0 saturated carbocycles. The second kappa shape index (κ2) is 8.48. The zero-order valence-corrected chi connectivity index (χ0v) is 11.6. The Morgan fingerprint density at radius 3 is 2.65 bits per heavy atom. The van der Waals surface area contributed by atoms with Crippen LogP contribution in [0.1, 0.15) is 55.1 Å². The normalized spacial score (nSPS) is 10.5. The van der Waals surface area contributed by atoms with Crippen molar-refractivity contribution in [3.63, 3.8) is 0 Å². The SMILES string of the molecule is CCCCCCCCOc1nc(Cl)c(C=O)s1. The fraction of sp³-hybridized carbons (Fsp3) is 0.667. The van der Waals surface area contributed by atoms with Crippen molar-refractivity contribution in [2.45, 2.75) is 45.4 Å². The highest BCUT2D eigenvalue weighted by atomic mass is 35.5. The van der Waals surface area contributed by atoms with Crippen molar-refractivity contribution >= 4 is 29.2 Å². The largest absolute Gasteiger partial charge is 0.470 e. The van der Waals surface area contributed by atoms with E-state index < -0.39 is 0 Å². The Kier molecular flexibility index (Phi) is 7.21. The fourth-order valence-corrected chi connectivity index (χ4v) is 2.40. The number of carbonyl (C=O) groups is 1. The van der Waals surface area contributed by atoms with E-state index in [1.54, 1.807) is 0 Å². The lowest BCUT2D eigenvalue weighted by Gasteiger charge is -2.01. The number of thiazole rings is 1. The van der Waals surface area contributed by atoms with E-state index in [1.807, 2.05) is 0 Å². The molecule has 1 aromatic rings. The molecule has 0 spiro atoms. The van der Waals surface area contributed by atoms with Crippen LogP contribution in [-0.4, -0.2) is 17.9 Å². The Balaban J connectivity index is 2.11. The second-order valence-corrected chi connectivity index (χ2v) is 5.22. The van der Waals surface area contributed by atoms with Crippen LogP contribution in [0.25, 0.3) is 0 Å². The summed E-state index contributed by atoms with van der Waals surface area (Å²) in [6, 6.07) is 0. The molecule has 3 nitrogen and oxygen atoms in total. The maximum atomic E-state index is 10.5. The molecule has 1 heterocycles. The van der Waals surface area contributed by atoms with E-state index in [0.717, 1.165) is 6.42 Å². The number of hydrogen-bond donors (Lipinski definition) is 0. The topological polar surface area (TPSA) is 39.2 Å². The number of aldehydes is 1. The minimum absolute atomic E-state index is 0.239. The van der Waals surface area contributed by atoms with Gasteiger partial charge in [0.1, 0.15) is 4.88 Å². The van der Waals surface area contributed by atoms with Gasteiger partial charge in [-0.2, -0.15) is 4.98 Å². The van der Waals surface area contributed by atoms with Crippen LogP contribution in [0.2, 0.25) is 5.15 Å². The summed E-state index contributed by atoms with van der Waals surface area (Å²) < 4.78 is 5.44. The maximum Gasteiger partial charge on any atom is 0.275 e. The van der Waals surface area contributed by atoms with Crippen molar-refractivity contribution < 1.29 is 9.53 Å².